The highest BCUT2D eigenvalue weighted by atomic mass is 32.1. The standard InChI is InChI=1S/C16H19NOS/c1-18-10-11-3-2-4-13(9-11)14-7-8-15(19-14)16(17)12-5-6-12/h2-4,7-9,12,16H,5-6,10,17H2,1H3. The van der Waals surface area contributed by atoms with Gasteiger partial charge >= 0.3 is 0 Å². The second kappa shape index (κ2) is 5.45. The van der Waals surface area contributed by atoms with Gasteiger partial charge in [0.25, 0.3) is 0 Å². The van der Waals surface area contributed by atoms with E-state index in [9.17, 15) is 0 Å². The van der Waals surface area contributed by atoms with Gasteiger partial charge < -0.3 is 10.5 Å². The van der Waals surface area contributed by atoms with Gasteiger partial charge in [0.2, 0.25) is 0 Å². The average Bonchev–Trinajstić information content (AvgIpc) is 3.16. The summed E-state index contributed by atoms with van der Waals surface area (Å²) in [6.07, 6.45) is 2.58. The summed E-state index contributed by atoms with van der Waals surface area (Å²) in [6, 6.07) is 13.1. The number of rotatable bonds is 5. The number of benzene rings is 1. The molecule has 0 saturated heterocycles. The molecule has 0 bridgehead atoms. The van der Waals surface area contributed by atoms with Crippen LogP contribution in [0.3, 0.4) is 0 Å². The van der Waals surface area contributed by atoms with E-state index < -0.39 is 0 Å². The fraction of sp³-hybridized carbons (Fsp3) is 0.375. The first-order valence-electron chi connectivity index (χ1n) is 6.71. The Kier molecular flexibility index (Phi) is 3.69. The van der Waals surface area contributed by atoms with Gasteiger partial charge in [0, 0.05) is 22.9 Å². The highest BCUT2D eigenvalue weighted by molar-refractivity contribution is 7.15. The Balaban J connectivity index is 1.83. The van der Waals surface area contributed by atoms with Crippen LogP contribution in [0.4, 0.5) is 0 Å². The molecule has 2 nitrogen and oxygen atoms in total. The van der Waals surface area contributed by atoms with E-state index in [1.54, 1.807) is 7.11 Å². The summed E-state index contributed by atoms with van der Waals surface area (Å²) in [4.78, 5) is 2.61. The van der Waals surface area contributed by atoms with E-state index in [1.165, 1.54) is 33.7 Å². The molecule has 3 rings (SSSR count). The van der Waals surface area contributed by atoms with E-state index in [4.69, 9.17) is 10.5 Å². The van der Waals surface area contributed by atoms with Gasteiger partial charge in [0.05, 0.1) is 6.61 Å². The quantitative estimate of drug-likeness (QED) is 0.894. The highest BCUT2D eigenvalue weighted by Gasteiger charge is 2.30. The lowest BCUT2D eigenvalue weighted by Crippen LogP contribution is -2.10. The minimum absolute atomic E-state index is 0.237. The Bertz CT molecular complexity index is 559. The summed E-state index contributed by atoms with van der Waals surface area (Å²) >= 11 is 1.82. The zero-order valence-corrected chi connectivity index (χ0v) is 12.0. The maximum Gasteiger partial charge on any atom is 0.0713 e. The van der Waals surface area contributed by atoms with E-state index in [0.29, 0.717) is 12.5 Å². The molecule has 1 saturated carbocycles. The normalized spacial score (nSPS) is 16.5. The van der Waals surface area contributed by atoms with E-state index in [-0.39, 0.29) is 6.04 Å². The molecule has 2 aromatic rings. The zero-order chi connectivity index (χ0) is 13.2. The van der Waals surface area contributed by atoms with Crippen molar-refractivity contribution in [2.24, 2.45) is 11.7 Å². The smallest absolute Gasteiger partial charge is 0.0713 e. The predicted octanol–water partition coefficient (Wildman–Crippen LogP) is 3.97. The molecule has 1 atom stereocenters. The number of thiophene rings is 1. The van der Waals surface area contributed by atoms with Crippen LogP contribution in [0.1, 0.15) is 29.3 Å². The van der Waals surface area contributed by atoms with Crippen LogP contribution >= 0.6 is 11.3 Å². The first-order chi connectivity index (χ1) is 9.28. The van der Waals surface area contributed by atoms with Gasteiger partial charge in [-0.3, -0.25) is 0 Å². The molecule has 2 N–H and O–H groups in total. The minimum Gasteiger partial charge on any atom is -0.380 e. The van der Waals surface area contributed by atoms with Crippen LogP contribution in [0.15, 0.2) is 36.4 Å². The lowest BCUT2D eigenvalue weighted by atomic mass is 10.1. The van der Waals surface area contributed by atoms with Gasteiger partial charge in [-0.05, 0) is 48.1 Å². The van der Waals surface area contributed by atoms with Crippen molar-refractivity contribution in [3.05, 3.63) is 46.8 Å². The van der Waals surface area contributed by atoms with Crippen molar-refractivity contribution in [1.82, 2.24) is 0 Å². The molecular weight excluding hydrogens is 254 g/mol. The SMILES string of the molecule is COCc1cccc(-c2ccc(C(N)C3CC3)s2)c1. The number of methoxy groups -OCH3 is 1. The average molecular weight is 273 g/mol. The van der Waals surface area contributed by atoms with Crippen LogP contribution in [0.25, 0.3) is 10.4 Å². The second-order valence-corrected chi connectivity index (χ2v) is 6.31. The molecule has 0 radical (unpaired) electrons. The van der Waals surface area contributed by atoms with Gasteiger partial charge in [0.15, 0.2) is 0 Å². The first-order valence-corrected chi connectivity index (χ1v) is 7.53. The minimum atomic E-state index is 0.237. The Morgan fingerprint density at radius 2 is 2.16 bits per heavy atom. The molecule has 0 spiro atoms. The highest BCUT2D eigenvalue weighted by Crippen LogP contribution is 2.42. The number of hydrogen-bond donors (Lipinski definition) is 1. The summed E-state index contributed by atoms with van der Waals surface area (Å²) in [5, 5.41) is 0. The van der Waals surface area contributed by atoms with Crippen LogP contribution < -0.4 is 5.73 Å². The maximum atomic E-state index is 6.26. The van der Waals surface area contributed by atoms with Crippen LogP contribution in [0, 0.1) is 5.92 Å². The molecule has 1 aliphatic carbocycles. The lowest BCUT2D eigenvalue weighted by Gasteiger charge is -2.06. The van der Waals surface area contributed by atoms with Crippen LogP contribution in [-0.4, -0.2) is 7.11 Å². The van der Waals surface area contributed by atoms with Crippen molar-refractivity contribution in [2.45, 2.75) is 25.5 Å². The molecule has 1 fully saturated rings. The fourth-order valence-corrected chi connectivity index (χ4v) is 3.46. The van der Waals surface area contributed by atoms with Gasteiger partial charge in [0.1, 0.15) is 0 Å². The molecule has 19 heavy (non-hydrogen) atoms. The first kappa shape index (κ1) is 12.9. The van der Waals surface area contributed by atoms with Crippen molar-refractivity contribution < 1.29 is 4.74 Å². The Hall–Kier alpha value is -1.16. The molecule has 1 heterocycles. The number of ether oxygens (including phenoxy) is 1. The predicted molar refractivity (Wildman–Crippen MR) is 80.1 cm³/mol. The fourth-order valence-electron chi connectivity index (χ4n) is 2.36. The summed E-state index contributed by atoms with van der Waals surface area (Å²) in [6.45, 7) is 0.660. The summed E-state index contributed by atoms with van der Waals surface area (Å²) < 4.78 is 5.19. The van der Waals surface area contributed by atoms with Crippen LogP contribution in [0.5, 0.6) is 0 Å². The van der Waals surface area contributed by atoms with E-state index in [0.717, 1.165) is 0 Å². The third kappa shape index (κ3) is 2.89. The monoisotopic (exact) mass is 273 g/mol. The van der Waals surface area contributed by atoms with Crippen molar-refractivity contribution in [2.75, 3.05) is 7.11 Å². The van der Waals surface area contributed by atoms with Gasteiger partial charge in [-0.25, -0.2) is 0 Å². The van der Waals surface area contributed by atoms with Crippen molar-refractivity contribution in [1.29, 1.82) is 0 Å². The van der Waals surface area contributed by atoms with Crippen molar-refractivity contribution in [3.63, 3.8) is 0 Å². The molecular formula is C16H19NOS. The van der Waals surface area contributed by atoms with Crippen LogP contribution in [0.2, 0.25) is 0 Å². The zero-order valence-electron chi connectivity index (χ0n) is 11.1. The summed E-state index contributed by atoms with van der Waals surface area (Å²) in [7, 11) is 1.73. The van der Waals surface area contributed by atoms with Crippen molar-refractivity contribution in [3.8, 4) is 10.4 Å². The van der Waals surface area contributed by atoms with Crippen LogP contribution in [-0.2, 0) is 11.3 Å². The van der Waals surface area contributed by atoms with Gasteiger partial charge in [-0.1, -0.05) is 18.2 Å². The molecule has 1 aromatic heterocycles. The molecule has 0 aliphatic heterocycles. The Labute approximate surface area is 118 Å². The van der Waals surface area contributed by atoms with E-state index in [1.807, 2.05) is 11.3 Å². The van der Waals surface area contributed by atoms with Gasteiger partial charge in [-0.15, -0.1) is 11.3 Å². The van der Waals surface area contributed by atoms with E-state index in [2.05, 4.69) is 36.4 Å². The molecule has 0 amide bonds. The third-order valence-corrected chi connectivity index (χ3v) is 4.84. The lowest BCUT2D eigenvalue weighted by molar-refractivity contribution is 0.185. The molecule has 1 unspecified atom stereocenters. The molecule has 3 heteroatoms. The van der Waals surface area contributed by atoms with E-state index >= 15 is 0 Å². The number of hydrogen-bond acceptors (Lipinski definition) is 3. The topological polar surface area (TPSA) is 35.2 Å². The molecule has 100 valence electrons. The molecule has 1 aromatic carbocycles. The van der Waals surface area contributed by atoms with Gasteiger partial charge in [-0.2, -0.15) is 0 Å². The van der Waals surface area contributed by atoms with Crippen molar-refractivity contribution >= 4 is 11.3 Å². The summed E-state index contributed by atoms with van der Waals surface area (Å²) in [5.41, 5.74) is 8.73. The Morgan fingerprint density at radius 3 is 2.89 bits per heavy atom. The molecule has 1 aliphatic rings. The third-order valence-electron chi connectivity index (χ3n) is 3.61. The second-order valence-electron chi connectivity index (χ2n) is 5.20. The largest absolute Gasteiger partial charge is 0.380 e. The number of nitrogens with two attached hydrogens (primary N) is 1. The summed E-state index contributed by atoms with van der Waals surface area (Å²) in [5.74, 6) is 0.714. The Morgan fingerprint density at radius 1 is 1.32 bits per heavy atom. The maximum absolute atomic E-state index is 6.26.